The minimum Gasteiger partial charge on any atom is -0.481 e. The van der Waals surface area contributed by atoms with Crippen LogP contribution in [0.4, 0.5) is 0 Å². The fraction of sp³-hybridized carbons (Fsp3) is 0.500. The zero-order valence-corrected chi connectivity index (χ0v) is 7.23. The minimum absolute atomic E-state index is 0.508. The highest BCUT2D eigenvalue weighted by Gasteiger charge is 2.19. The first-order valence-electron chi connectivity index (χ1n) is 4.17. The predicted molar refractivity (Wildman–Crippen MR) is 47.3 cm³/mol. The van der Waals surface area contributed by atoms with Gasteiger partial charge in [-0.2, -0.15) is 0 Å². The maximum atomic E-state index is 10.8. The molecule has 1 heterocycles. The Kier molecular flexibility index (Phi) is 3.45. The van der Waals surface area contributed by atoms with Crippen LogP contribution in [-0.2, 0) is 4.79 Å². The monoisotopic (exact) mass is 183 g/mol. The van der Waals surface area contributed by atoms with Gasteiger partial charge in [-0.3, -0.25) is 4.79 Å². The molecule has 1 aromatic rings. The molecule has 5 heteroatoms. The van der Waals surface area contributed by atoms with Crippen molar-refractivity contribution in [2.24, 2.45) is 5.73 Å². The molecule has 0 spiro atoms. The molecule has 0 fully saturated rings. The normalized spacial score (nSPS) is 12.7. The summed E-state index contributed by atoms with van der Waals surface area (Å²) in [7, 11) is 0. The molecule has 0 unspecified atom stereocenters. The Morgan fingerprint density at radius 1 is 1.77 bits per heavy atom. The van der Waals surface area contributed by atoms with Crippen LogP contribution in [0, 0.1) is 0 Å². The number of H-pyrrole nitrogens is 1. The Labute approximate surface area is 76.0 Å². The van der Waals surface area contributed by atoms with Gasteiger partial charge in [-0.15, -0.1) is 0 Å². The summed E-state index contributed by atoms with van der Waals surface area (Å²) in [4.78, 5) is 17.4. The maximum Gasteiger partial charge on any atom is 0.312 e. The smallest absolute Gasteiger partial charge is 0.312 e. The van der Waals surface area contributed by atoms with Gasteiger partial charge in [0.1, 0.15) is 0 Å². The van der Waals surface area contributed by atoms with E-state index in [0.29, 0.717) is 25.1 Å². The van der Waals surface area contributed by atoms with Crippen molar-refractivity contribution < 1.29 is 9.90 Å². The zero-order valence-electron chi connectivity index (χ0n) is 7.23. The van der Waals surface area contributed by atoms with Gasteiger partial charge < -0.3 is 15.8 Å². The number of nitrogens with one attached hydrogen (secondary N) is 1. The van der Waals surface area contributed by atoms with Gasteiger partial charge in [-0.1, -0.05) is 0 Å². The lowest BCUT2D eigenvalue weighted by Crippen LogP contribution is -2.13. The van der Waals surface area contributed by atoms with Gasteiger partial charge in [0.15, 0.2) is 0 Å². The molecule has 0 radical (unpaired) electrons. The summed E-state index contributed by atoms with van der Waals surface area (Å²) in [5, 5.41) is 8.88. The molecule has 72 valence electrons. The molecule has 0 saturated heterocycles. The van der Waals surface area contributed by atoms with Crippen LogP contribution in [0.25, 0.3) is 0 Å². The van der Waals surface area contributed by atoms with E-state index in [1.807, 2.05) is 0 Å². The molecule has 0 aliphatic heterocycles. The molecular weight excluding hydrogens is 170 g/mol. The Bertz CT molecular complexity index is 258. The molecule has 0 aliphatic rings. The third-order valence-electron chi connectivity index (χ3n) is 1.89. The van der Waals surface area contributed by atoms with Crippen molar-refractivity contribution >= 4 is 5.97 Å². The second kappa shape index (κ2) is 4.61. The number of aromatic nitrogens is 2. The molecule has 1 rings (SSSR count). The third kappa shape index (κ3) is 2.55. The van der Waals surface area contributed by atoms with Crippen molar-refractivity contribution in [1.29, 1.82) is 0 Å². The zero-order chi connectivity index (χ0) is 9.68. The SMILES string of the molecule is NCCC[C@H](C(=O)O)c1cnc[nH]1. The van der Waals surface area contributed by atoms with Crippen LogP contribution >= 0.6 is 0 Å². The first-order valence-corrected chi connectivity index (χ1v) is 4.17. The average Bonchev–Trinajstić information content (AvgIpc) is 2.57. The van der Waals surface area contributed by atoms with Crippen LogP contribution < -0.4 is 5.73 Å². The van der Waals surface area contributed by atoms with E-state index in [0.717, 1.165) is 0 Å². The number of carbonyl (C=O) groups is 1. The van der Waals surface area contributed by atoms with Crippen molar-refractivity contribution in [1.82, 2.24) is 9.97 Å². The number of aliphatic carboxylic acids is 1. The van der Waals surface area contributed by atoms with Crippen molar-refractivity contribution in [3.8, 4) is 0 Å². The van der Waals surface area contributed by atoms with Crippen LogP contribution in [-0.4, -0.2) is 27.6 Å². The molecule has 0 bridgehead atoms. The number of rotatable bonds is 5. The van der Waals surface area contributed by atoms with E-state index in [1.54, 1.807) is 0 Å². The van der Waals surface area contributed by atoms with E-state index in [4.69, 9.17) is 10.8 Å². The number of hydrogen-bond acceptors (Lipinski definition) is 3. The Morgan fingerprint density at radius 2 is 2.54 bits per heavy atom. The van der Waals surface area contributed by atoms with Crippen molar-refractivity contribution in [3.05, 3.63) is 18.2 Å². The van der Waals surface area contributed by atoms with Gasteiger partial charge >= 0.3 is 5.97 Å². The molecule has 0 aliphatic carbocycles. The van der Waals surface area contributed by atoms with Gasteiger partial charge in [0.2, 0.25) is 0 Å². The van der Waals surface area contributed by atoms with Crippen molar-refractivity contribution in [2.45, 2.75) is 18.8 Å². The molecule has 0 saturated carbocycles. The van der Waals surface area contributed by atoms with Crippen LogP contribution in [0.5, 0.6) is 0 Å². The number of carboxylic acid groups (broad SMARTS) is 1. The molecule has 4 N–H and O–H groups in total. The minimum atomic E-state index is -0.835. The van der Waals surface area contributed by atoms with Gasteiger partial charge in [0.25, 0.3) is 0 Å². The van der Waals surface area contributed by atoms with Gasteiger partial charge in [0.05, 0.1) is 12.2 Å². The number of aromatic amines is 1. The number of nitrogens with zero attached hydrogens (tertiary/aromatic N) is 1. The summed E-state index contributed by atoms with van der Waals surface area (Å²) < 4.78 is 0. The first kappa shape index (κ1) is 9.73. The lowest BCUT2D eigenvalue weighted by molar-refractivity contribution is -0.139. The summed E-state index contributed by atoms with van der Waals surface area (Å²) >= 11 is 0. The summed E-state index contributed by atoms with van der Waals surface area (Å²) in [5.74, 6) is -1.34. The molecule has 13 heavy (non-hydrogen) atoms. The predicted octanol–water partition coefficient (Wildman–Crippen LogP) is 0.317. The highest BCUT2D eigenvalue weighted by atomic mass is 16.4. The second-order valence-corrected chi connectivity index (χ2v) is 2.83. The maximum absolute atomic E-state index is 10.8. The molecule has 1 aromatic heterocycles. The summed E-state index contributed by atoms with van der Waals surface area (Å²) in [6.07, 6.45) is 4.27. The summed E-state index contributed by atoms with van der Waals surface area (Å²) in [6.45, 7) is 0.512. The van der Waals surface area contributed by atoms with Crippen LogP contribution in [0.3, 0.4) is 0 Å². The Morgan fingerprint density at radius 3 is 3.00 bits per heavy atom. The van der Waals surface area contributed by atoms with Gasteiger partial charge in [-0.05, 0) is 19.4 Å². The Hall–Kier alpha value is -1.36. The van der Waals surface area contributed by atoms with E-state index in [2.05, 4.69) is 9.97 Å². The number of hydrogen-bond donors (Lipinski definition) is 3. The van der Waals surface area contributed by atoms with Gasteiger partial charge in [0, 0.05) is 11.9 Å². The fourth-order valence-electron chi connectivity index (χ4n) is 1.19. The molecular formula is C8H13N3O2. The quantitative estimate of drug-likeness (QED) is 0.612. The molecule has 0 aromatic carbocycles. The highest BCUT2D eigenvalue weighted by Crippen LogP contribution is 2.18. The van der Waals surface area contributed by atoms with Crippen LogP contribution in [0.15, 0.2) is 12.5 Å². The van der Waals surface area contributed by atoms with Crippen molar-refractivity contribution in [3.63, 3.8) is 0 Å². The summed E-state index contributed by atoms with van der Waals surface area (Å²) in [6, 6.07) is 0. The standard InChI is InChI=1S/C8H13N3O2/c9-3-1-2-6(8(12)13)7-4-10-5-11-7/h4-6H,1-3,9H2,(H,10,11)(H,12,13)/t6-/m0/s1. The third-order valence-corrected chi connectivity index (χ3v) is 1.89. The Balaban J connectivity index is 2.63. The molecule has 1 atom stereocenters. The van der Waals surface area contributed by atoms with E-state index in [9.17, 15) is 4.79 Å². The fourth-order valence-corrected chi connectivity index (χ4v) is 1.19. The number of nitrogens with two attached hydrogens (primary N) is 1. The largest absolute Gasteiger partial charge is 0.481 e. The van der Waals surface area contributed by atoms with E-state index in [-0.39, 0.29) is 0 Å². The lowest BCUT2D eigenvalue weighted by Gasteiger charge is -2.08. The number of carboxylic acids is 1. The molecule has 5 nitrogen and oxygen atoms in total. The summed E-state index contributed by atoms with van der Waals surface area (Å²) in [5.41, 5.74) is 5.95. The lowest BCUT2D eigenvalue weighted by atomic mass is 10.0. The van der Waals surface area contributed by atoms with E-state index >= 15 is 0 Å². The first-order chi connectivity index (χ1) is 6.25. The topological polar surface area (TPSA) is 92.0 Å². The molecule has 0 amide bonds. The van der Waals surface area contributed by atoms with Crippen molar-refractivity contribution in [2.75, 3.05) is 6.54 Å². The number of imidazole rings is 1. The van der Waals surface area contributed by atoms with E-state index < -0.39 is 11.9 Å². The second-order valence-electron chi connectivity index (χ2n) is 2.83. The highest BCUT2D eigenvalue weighted by molar-refractivity contribution is 5.75. The van der Waals surface area contributed by atoms with Gasteiger partial charge in [-0.25, -0.2) is 4.98 Å². The van der Waals surface area contributed by atoms with E-state index in [1.165, 1.54) is 12.5 Å². The van der Waals surface area contributed by atoms with Crippen LogP contribution in [0.2, 0.25) is 0 Å². The van der Waals surface area contributed by atoms with Crippen LogP contribution in [0.1, 0.15) is 24.5 Å². The average molecular weight is 183 g/mol.